The average molecular weight is 449 g/mol. The fourth-order valence-corrected chi connectivity index (χ4v) is 4.69. The van der Waals surface area contributed by atoms with Crippen molar-refractivity contribution in [2.24, 2.45) is 4.99 Å². The van der Waals surface area contributed by atoms with Gasteiger partial charge in [-0.25, -0.2) is 12.8 Å². The van der Waals surface area contributed by atoms with Crippen molar-refractivity contribution in [1.29, 1.82) is 0 Å². The summed E-state index contributed by atoms with van der Waals surface area (Å²) in [6.07, 6.45) is 0. The minimum atomic E-state index is -3.73. The average Bonchev–Trinajstić information content (AvgIpc) is 2.79. The van der Waals surface area contributed by atoms with Crippen molar-refractivity contribution in [2.45, 2.75) is 11.8 Å². The molecule has 1 aliphatic heterocycles. The number of nitrogens with zero attached hydrogens (tertiary/aromatic N) is 3. The van der Waals surface area contributed by atoms with Gasteiger partial charge in [0.05, 0.1) is 19.4 Å². The number of rotatable bonds is 7. The molecule has 0 aromatic heterocycles. The summed E-state index contributed by atoms with van der Waals surface area (Å²) in [7, 11) is -2.08. The first kappa shape index (κ1) is 22.9. The first-order valence-corrected chi connectivity index (χ1v) is 12.0. The number of nitrogens with one attached hydrogen (secondary N) is 1. The first-order valence-electron chi connectivity index (χ1n) is 10.3. The number of aliphatic imine (C=N–C) groups is 1. The molecule has 7 nitrogen and oxygen atoms in total. The molecule has 0 radical (unpaired) electrons. The van der Waals surface area contributed by atoms with Crippen molar-refractivity contribution >= 4 is 21.5 Å². The van der Waals surface area contributed by atoms with E-state index in [-0.39, 0.29) is 17.2 Å². The Morgan fingerprint density at radius 2 is 1.87 bits per heavy atom. The summed E-state index contributed by atoms with van der Waals surface area (Å²) < 4.78 is 44.1. The Bertz CT molecular complexity index is 1010. The quantitative estimate of drug-likeness (QED) is 0.518. The fraction of sp³-hybridized carbons (Fsp3) is 0.409. The van der Waals surface area contributed by atoms with Crippen LogP contribution in [0.25, 0.3) is 0 Å². The molecule has 1 N–H and O–H groups in total. The molecule has 0 aliphatic carbocycles. The smallest absolute Gasteiger partial charge is 0.194 e. The molecular weight excluding hydrogens is 419 g/mol. The third kappa shape index (κ3) is 5.88. The predicted molar refractivity (Wildman–Crippen MR) is 121 cm³/mol. The van der Waals surface area contributed by atoms with Gasteiger partial charge in [0, 0.05) is 44.5 Å². The van der Waals surface area contributed by atoms with Crippen LogP contribution >= 0.6 is 0 Å². The number of hydrogen-bond donors (Lipinski definition) is 1. The van der Waals surface area contributed by atoms with Crippen LogP contribution in [-0.2, 0) is 9.84 Å². The predicted octanol–water partition coefficient (Wildman–Crippen LogP) is 2.40. The van der Waals surface area contributed by atoms with E-state index in [1.807, 2.05) is 25.1 Å². The van der Waals surface area contributed by atoms with Gasteiger partial charge < -0.3 is 19.9 Å². The van der Waals surface area contributed by atoms with Crippen molar-refractivity contribution in [2.75, 3.05) is 57.0 Å². The number of anilines is 1. The molecule has 0 spiro atoms. The number of sulfone groups is 1. The summed E-state index contributed by atoms with van der Waals surface area (Å²) in [6.45, 7) is 5.84. The molecule has 1 heterocycles. The molecule has 2 aromatic carbocycles. The lowest BCUT2D eigenvalue weighted by atomic mass is 10.2. The lowest BCUT2D eigenvalue weighted by Crippen LogP contribution is -2.52. The maximum absolute atomic E-state index is 13.9. The topological polar surface area (TPSA) is 74.2 Å². The third-order valence-electron chi connectivity index (χ3n) is 5.13. The maximum Gasteiger partial charge on any atom is 0.194 e. The highest BCUT2D eigenvalue weighted by molar-refractivity contribution is 7.91. The molecule has 0 amide bonds. The molecule has 0 saturated carbocycles. The Kier molecular flexibility index (Phi) is 7.73. The fourth-order valence-electron chi connectivity index (χ4n) is 3.49. The second-order valence-corrected chi connectivity index (χ2v) is 9.24. The summed E-state index contributed by atoms with van der Waals surface area (Å²) in [5, 5.41) is 3.23. The molecular formula is C22H29FN4O3S. The number of guanidine groups is 1. The Labute approximate surface area is 183 Å². The Morgan fingerprint density at radius 3 is 2.55 bits per heavy atom. The highest BCUT2D eigenvalue weighted by Gasteiger charge is 2.21. The van der Waals surface area contributed by atoms with Crippen molar-refractivity contribution in [3.8, 4) is 5.75 Å². The molecule has 9 heteroatoms. The largest absolute Gasteiger partial charge is 0.497 e. The van der Waals surface area contributed by atoms with Gasteiger partial charge in [0.1, 0.15) is 16.5 Å². The zero-order valence-corrected chi connectivity index (χ0v) is 18.7. The highest BCUT2D eigenvalue weighted by Crippen LogP contribution is 2.22. The van der Waals surface area contributed by atoms with Gasteiger partial charge in [-0.15, -0.1) is 0 Å². The van der Waals surface area contributed by atoms with E-state index in [1.54, 1.807) is 7.11 Å². The summed E-state index contributed by atoms with van der Waals surface area (Å²) in [6, 6.07) is 13.4. The molecule has 0 unspecified atom stereocenters. The van der Waals surface area contributed by atoms with Crippen LogP contribution in [0.15, 0.2) is 58.4 Å². The van der Waals surface area contributed by atoms with Crippen LogP contribution in [0.5, 0.6) is 5.75 Å². The number of piperazine rings is 1. The van der Waals surface area contributed by atoms with Gasteiger partial charge in [-0.1, -0.05) is 18.2 Å². The van der Waals surface area contributed by atoms with E-state index in [0.29, 0.717) is 12.5 Å². The molecule has 0 atom stereocenters. The van der Waals surface area contributed by atoms with E-state index in [9.17, 15) is 12.8 Å². The third-order valence-corrected chi connectivity index (χ3v) is 6.85. The molecule has 2 aromatic rings. The highest BCUT2D eigenvalue weighted by atomic mass is 32.2. The van der Waals surface area contributed by atoms with Gasteiger partial charge in [-0.3, -0.25) is 4.99 Å². The minimum absolute atomic E-state index is 0.0646. The van der Waals surface area contributed by atoms with Crippen LogP contribution in [0.4, 0.5) is 10.1 Å². The van der Waals surface area contributed by atoms with Crippen molar-refractivity contribution in [1.82, 2.24) is 10.2 Å². The second kappa shape index (κ2) is 10.5. The first-order chi connectivity index (χ1) is 14.9. The van der Waals surface area contributed by atoms with Gasteiger partial charge in [0.2, 0.25) is 0 Å². The summed E-state index contributed by atoms with van der Waals surface area (Å²) in [5.41, 5.74) is 1.11. The molecule has 1 saturated heterocycles. The van der Waals surface area contributed by atoms with Crippen molar-refractivity contribution < 1.29 is 17.5 Å². The monoisotopic (exact) mass is 448 g/mol. The number of ether oxygens (including phenoxy) is 1. The lowest BCUT2D eigenvalue weighted by Gasteiger charge is -2.37. The van der Waals surface area contributed by atoms with E-state index >= 15 is 0 Å². The van der Waals surface area contributed by atoms with Gasteiger partial charge in [0.25, 0.3) is 0 Å². The number of methoxy groups -OCH3 is 1. The standard InChI is InChI=1S/C22H29FN4O3S/c1-3-24-22(25-11-16-31(28,29)21-10-5-4-9-20(21)23)27-14-12-26(13-15-27)18-7-6-8-19(17-18)30-2/h4-10,17H,3,11-16H2,1-2H3,(H,24,25). The molecule has 0 bridgehead atoms. The van der Waals surface area contributed by atoms with Gasteiger partial charge in [-0.05, 0) is 31.2 Å². The van der Waals surface area contributed by atoms with E-state index in [0.717, 1.165) is 43.7 Å². The van der Waals surface area contributed by atoms with Crippen LogP contribution in [0.3, 0.4) is 0 Å². The zero-order chi connectivity index (χ0) is 22.3. The molecule has 168 valence electrons. The van der Waals surface area contributed by atoms with Crippen LogP contribution in [0.1, 0.15) is 6.92 Å². The molecule has 31 heavy (non-hydrogen) atoms. The SMILES string of the molecule is CCNC(=NCCS(=O)(=O)c1ccccc1F)N1CCN(c2cccc(OC)c2)CC1. The van der Waals surface area contributed by atoms with Gasteiger partial charge >= 0.3 is 0 Å². The van der Waals surface area contributed by atoms with Crippen LogP contribution < -0.4 is 15.0 Å². The summed E-state index contributed by atoms with van der Waals surface area (Å²) >= 11 is 0. The van der Waals surface area contributed by atoms with E-state index in [4.69, 9.17) is 4.74 Å². The summed E-state index contributed by atoms with van der Waals surface area (Å²) in [4.78, 5) is 8.62. The van der Waals surface area contributed by atoms with Crippen LogP contribution in [0, 0.1) is 5.82 Å². The molecule has 3 rings (SSSR count). The second-order valence-electron chi connectivity index (χ2n) is 7.16. The van der Waals surface area contributed by atoms with Crippen LogP contribution in [-0.4, -0.2) is 71.4 Å². The van der Waals surface area contributed by atoms with E-state index in [2.05, 4.69) is 26.2 Å². The number of halogens is 1. The number of benzene rings is 2. The molecule has 1 fully saturated rings. The van der Waals surface area contributed by atoms with Gasteiger partial charge in [0.15, 0.2) is 15.8 Å². The normalized spacial score (nSPS) is 15.1. The van der Waals surface area contributed by atoms with Crippen molar-refractivity contribution in [3.63, 3.8) is 0 Å². The van der Waals surface area contributed by atoms with Crippen LogP contribution in [0.2, 0.25) is 0 Å². The molecule has 1 aliphatic rings. The van der Waals surface area contributed by atoms with Gasteiger partial charge in [-0.2, -0.15) is 0 Å². The lowest BCUT2D eigenvalue weighted by molar-refractivity contribution is 0.372. The Morgan fingerprint density at radius 1 is 1.13 bits per heavy atom. The Hall–Kier alpha value is -2.81. The Balaban J connectivity index is 1.62. The summed E-state index contributed by atoms with van der Waals surface area (Å²) in [5.74, 6) is 0.529. The minimum Gasteiger partial charge on any atom is -0.497 e. The number of hydrogen-bond acceptors (Lipinski definition) is 5. The zero-order valence-electron chi connectivity index (χ0n) is 17.9. The van der Waals surface area contributed by atoms with Crippen molar-refractivity contribution in [3.05, 3.63) is 54.3 Å². The van der Waals surface area contributed by atoms with E-state index in [1.165, 1.54) is 18.2 Å². The van der Waals surface area contributed by atoms with E-state index < -0.39 is 15.7 Å². The maximum atomic E-state index is 13.9.